The van der Waals surface area contributed by atoms with Gasteiger partial charge >= 0.3 is 17.9 Å². The molecule has 458 valence electrons. The molecular formula is C72H134O6. The molecule has 78 heavy (non-hydrogen) atoms. The maximum atomic E-state index is 13.0. The Kier molecular flexibility index (Phi) is 65.1. The van der Waals surface area contributed by atoms with E-state index in [1.54, 1.807) is 0 Å². The second-order valence-electron chi connectivity index (χ2n) is 23.8. The van der Waals surface area contributed by atoms with Crippen molar-refractivity contribution >= 4 is 17.9 Å². The highest BCUT2D eigenvalue weighted by molar-refractivity contribution is 5.71. The van der Waals surface area contributed by atoms with Crippen LogP contribution < -0.4 is 0 Å². The standard InChI is InChI=1S/C72H134O6/c1-4-7-10-13-16-19-22-25-28-30-32-34-36-38-40-42-44-47-50-53-56-59-62-65-71(74)77-68-69(67-76-70(73)64-61-58-55-52-49-46-27-24-21-18-15-12-9-6-3)78-72(75)66-63-60-57-54-51-48-45-43-41-39-37-35-33-31-29-26-23-20-17-14-11-8-5-2/h22,24-25,27,30,32,69H,4-21,23,26,28-29,31,33-68H2,1-3H3/b25-22-,27-24-,32-30-. The van der Waals surface area contributed by atoms with Crippen LogP contribution in [-0.2, 0) is 28.6 Å². The summed E-state index contributed by atoms with van der Waals surface area (Å²) >= 11 is 0. The highest BCUT2D eigenvalue weighted by Crippen LogP contribution is 2.18. The van der Waals surface area contributed by atoms with E-state index in [2.05, 4.69) is 57.2 Å². The van der Waals surface area contributed by atoms with Gasteiger partial charge in [0.05, 0.1) is 0 Å². The van der Waals surface area contributed by atoms with E-state index < -0.39 is 6.10 Å². The Morgan fingerprint density at radius 3 is 0.718 bits per heavy atom. The molecule has 0 fully saturated rings. The smallest absolute Gasteiger partial charge is 0.306 e. The molecule has 1 unspecified atom stereocenters. The van der Waals surface area contributed by atoms with Crippen LogP contribution in [0.15, 0.2) is 36.5 Å². The summed E-state index contributed by atoms with van der Waals surface area (Å²) in [7, 11) is 0. The van der Waals surface area contributed by atoms with Gasteiger partial charge in [0.2, 0.25) is 0 Å². The van der Waals surface area contributed by atoms with Crippen LogP contribution in [0, 0.1) is 0 Å². The zero-order valence-corrected chi connectivity index (χ0v) is 52.7. The van der Waals surface area contributed by atoms with E-state index in [-0.39, 0.29) is 31.1 Å². The molecule has 0 aromatic carbocycles. The van der Waals surface area contributed by atoms with Gasteiger partial charge in [-0.1, -0.05) is 327 Å². The highest BCUT2D eigenvalue weighted by Gasteiger charge is 2.19. The summed E-state index contributed by atoms with van der Waals surface area (Å²) in [6, 6.07) is 0. The SMILES string of the molecule is CCCCCCC/C=C\C/C=C\CCCCCCCCCCCCCC(=O)OCC(COC(=O)CCCCCCC/C=C\CCCCCCC)OC(=O)CCCCCCCCCCCCCCCCCCCCCCCCC. The molecule has 0 radical (unpaired) electrons. The van der Waals surface area contributed by atoms with Gasteiger partial charge < -0.3 is 14.2 Å². The van der Waals surface area contributed by atoms with Crippen LogP contribution >= 0.6 is 0 Å². The van der Waals surface area contributed by atoms with E-state index in [4.69, 9.17) is 14.2 Å². The Labute approximate surface area is 486 Å². The molecule has 0 saturated heterocycles. The molecule has 0 saturated carbocycles. The van der Waals surface area contributed by atoms with Crippen LogP contribution in [0.3, 0.4) is 0 Å². The molecule has 0 amide bonds. The maximum absolute atomic E-state index is 13.0. The van der Waals surface area contributed by atoms with E-state index in [1.807, 2.05) is 0 Å². The topological polar surface area (TPSA) is 78.9 Å². The second kappa shape index (κ2) is 67.1. The summed E-state index contributed by atoms with van der Waals surface area (Å²) in [5.74, 6) is -0.853. The van der Waals surface area contributed by atoms with E-state index in [9.17, 15) is 14.4 Å². The quantitative estimate of drug-likeness (QED) is 0.0261. The van der Waals surface area contributed by atoms with Gasteiger partial charge in [0.15, 0.2) is 6.10 Å². The number of hydrogen-bond donors (Lipinski definition) is 0. The Balaban J connectivity index is 4.27. The Hall–Kier alpha value is -2.37. The third-order valence-corrected chi connectivity index (χ3v) is 15.9. The number of carbonyl (C=O) groups is 3. The molecule has 0 aliphatic heterocycles. The predicted molar refractivity (Wildman–Crippen MR) is 339 cm³/mol. The van der Waals surface area contributed by atoms with Crippen molar-refractivity contribution in [3.63, 3.8) is 0 Å². The normalized spacial score (nSPS) is 12.2. The Morgan fingerprint density at radius 1 is 0.256 bits per heavy atom. The van der Waals surface area contributed by atoms with Crippen molar-refractivity contribution in [2.75, 3.05) is 13.2 Å². The summed E-state index contributed by atoms with van der Waals surface area (Å²) in [4.78, 5) is 38.4. The summed E-state index contributed by atoms with van der Waals surface area (Å²) in [6.07, 6.45) is 83.1. The lowest BCUT2D eigenvalue weighted by molar-refractivity contribution is -0.167. The van der Waals surface area contributed by atoms with Crippen LogP contribution in [-0.4, -0.2) is 37.2 Å². The number of hydrogen-bond acceptors (Lipinski definition) is 6. The monoisotopic (exact) mass is 1100 g/mol. The number of esters is 3. The van der Waals surface area contributed by atoms with Crippen LogP contribution in [0.25, 0.3) is 0 Å². The van der Waals surface area contributed by atoms with Crippen molar-refractivity contribution in [2.24, 2.45) is 0 Å². The summed E-state index contributed by atoms with van der Waals surface area (Å²) in [5.41, 5.74) is 0. The largest absolute Gasteiger partial charge is 0.462 e. The van der Waals surface area contributed by atoms with Crippen LogP contribution in [0.1, 0.15) is 387 Å². The fourth-order valence-corrected chi connectivity index (χ4v) is 10.6. The second-order valence-corrected chi connectivity index (χ2v) is 23.8. The third-order valence-electron chi connectivity index (χ3n) is 15.9. The Morgan fingerprint density at radius 2 is 0.462 bits per heavy atom. The van der Waals surface area contributed by atoms with Gasteiger partial charge in [0, 0.05) is 19.3 Å². The minimum Gasteiger partial charge on any atom is -0.462 e. The number of ether oxygens (including phenoxy) is 3. The first-order valence-corrected chi connectivity index (χ1v) is 35.0. The molecule has 1 atom stereocenters. The van der Waals surface area contributed by atoms with Gasteiger partial charge in [-0.05, 0) is 77.0 Å². The first kappa shape index (κ1) is 75.6. The van der Waals surface area contributed by atoms with Gasteiger partial charge in [-0.15, -0.1) is 0 Å². The molecule has 6 heteroatoms. The average Bonchev–Trinajstić information content (AvgIpc) is 3.44. The van der Waals surface area contributed by atoms with Crippen LogP contribution in [0.4, 0.5) is 0 Å². The van der Waals surface area contributed by atoms with Crippen molar-refractivity contribution in [1.29, 1.82) is 0 Å². The molecule has 0 rings (SSSR count). The molecule has 0 aliphatic rings. The lowest BCUT2D eigenvalue weighted by Crippen LogP contribution is -2.30. The van der Waals surface area contributed by atoms with Gasteiger partial charge in [0.1, 0.15) is 13.2 Å². The molecule has 0 N–H and O–H groups in total. The summed E-state index contributed by atoms with van der Waals surface area (Å²) < 4.78 is 17.0. The van der Waals surface area contributed by atoms with Gasteiger partial charge in [-0.2, -0.15) is 0 Å². The van der Waals surface area contributed by atoms with Crippen LogP contribution in [0.5, 0.6) is 0 Å². The average molecular weight is 1100 g/mol. The van der Waals surface area contributed by atoms with Crippen molar-refractivity contribution in [1.82, 2.24) is 0 Å². The fourth-order valence-electron chi connectivity index (χ4n) is 10.6. The van der Waals surface area contributed by atoms with Gasteiger partial charge in [-0.25, -0.2) is 0 Å². The maximum Gasteiger partial charge on any atom is 0.306 e. The Bertz CT molecular complexity index is 1300. The van der Waals surface area contributed by atoms with Crippen molar-refractivity contribution < 1.29 is 28.6 Å². The number of carbonyl (C=O) groups excluding carboxylic acids is 3. The van der Waals surface area contributed by atoms with Crippen molar-refractivity contribution in [3.8, 4) is 0 Å². The molecule has 6 nitrogen and oxygen atoms in total. The molecule has 0 bridgehead atoms. The van der Waals surface area contributed by atoms with Gasteiger partial charge in [-0.3, -0.25) is 14.4 Å². The van der Waals surface area contributed by atoms with Crippen molar-refractivity contribution in [3.05, 3.63) is 36.5 Å². The molecule has 0 spiro atoms. The van der Waals surface area contributed by atoms with E-state index in [0.29, 0.717) is 19.3 Å². The lowest BCUT2D eigenvalue weighted by atomic mass is 10.0. The highest BCUT2D eigenvalue weighted by atomic mass is 16.6. The van der Waals surface area contributed by atoms with E-state index in [0.717, 1.165) is 70.6 Å². The van der Waals surface area contributed by atoms with Gasteiger partial charge in [0.25, 0.3) is 0 Å². The molecule has 0 aliphatic carbocycles. The number of allylic oxidation sites excluding steroid dienone is 6. The van der Waals surface area contributed by atoms with Crippen molar-refractivity contribution in [2.45, 2.75) is 393 Å². The first-order chi connectivity index (χ1) is 38.5. The first-order valence-electron chi connectivity index (χ1n) is 35.0. The number of unbranched alkanes of at least 4 members (excludes halogenated alkanes) is 48. The minimum atomic E-state index is -0.775. The lowest BCUT2D eigenvalue weighted by Gasteiger charge is -2.18. The van der Waals surface area contributed by atoms with Crippen LogP contribution in [0.2, 0.25) is 0 Å². The fraction of sp³-hybridized carbons (Fsp3) is 0.875. The predicted octanol–water partition coefficient (Wildman–Crippen LogP) is 23.9. The zero-order valence-electron chi connectivity index (χ0n) is 52.7. The molecule has 0 heterocycles. The number of rotatable bonds is 65. The molecule has 0 aromatic heterocycles. The third kappa shape index (κ3) is 64.5. The molecule has 0 aromatic rings. The van der Waals surface area contributed by atoms with E-state index >= 15 is 0 Å². The molecular weight excluding hydrogens is 961 g/mol. The zero-order chi connectivity index (χ0) is 56.4. The summed E-state index contributed by atoms with van der Waals surface area (Å²) in [5, 5.41) is 0. The minimum absolute atomic E-state index is 0.0712. The summed E-state index contributed by atoms with van der Waals surface area (Å²) in [6.45, 7) is 6.69. The van der Waals surface area contributed by atoms with E-state index in [1.165, 1.54) is 276 Å².